The van der Waals surface area contributed by atoms with E-state index >= 15 is 0 Å². The minimum Gasteiger partial charge on any atom is -0.372 e. The molecule has 0 amide bonds. The van der Waals surface area contributed by atoms with Gasteiger partial charge in [-0.15, -0.1) is 11.6 Å². The molecular formula is C11H15BrClN. The molecule has 0 heterocycles. The first-order valence-electron chi connectivity index (χ1n) is 4.82. The fourth-order valence-corrected chi connectivity index (χ4v) is 2.33. The Morgan fingerprint density at radius 2 is 1.93 bits per heavy atom. The molecule has 0 atom stereocenters. The van der Waals surface area contributed by atoms with Crippen LogP contribution in [-0.2, 0) is 5.88 Å². The third-order valence-electron chi connectivity index (χ3n) is 2.31. The molecule has 0 aliphatic rings. The number of anilines is 1. The van der Waals surface area contributed by atoms with E-state index in [1.165, 1.54) is 5.69 Å². The summed E-state index contributed by atoms with van der Waals surface area (Å²) in [7, 11) is 0. The van der Waals surface area contributed by atoms with Gasteiger partial charge in [-0.1, -0.05) is 22.0 Å². The van der Waals surface area contributed by atoms with E-state index in [9.17, 15) is 0 Å². The second kappa shape index (κ2) is 5.62. The van der Waals surface area contributed by atoms with Crippen molar-refractivity contribution in [1.82, 2.24) is 0 Å². The van der Waals surface area contributed by atoms with E-state index in [0.29, 0.717) is 5.88 Å². The molecule has 1 aromatic carbocycles. The van der Waals surface area contributed by atoms with Crippen LogP contribution in [0.4, 0.5) is 5.69 Å². The van der Waals surface area contributed by atoms with E-state index in [0.717, 1.165) is 23.1 Å². The quantitative estimate of drug-likeness (QED) is 0.750. The van der Waals surface area contributed by atoms with Crippen molar-refractivity contribution >= 4 is 33.2 Å². The van der Waals surface area contributed by atoms with Gasteiger partial charge in [-0.25, -0.2) is 0 Å². The lowest BCUT2D eigenvalue weighted by molar-refractivity contribution is 0.865. The van der Waals surface area contributed by atoms with Crippen LogP contribution in [0, 0.1) is 0 Å². The highest BCUT2D eigenvalue weighted by atomic mass is 79.9. The van der Waals surface area contributed by atoms with Crippen molar-refractivity contribution < 1.29 is 0 Å². The van der Waals surface area contributed by atoms with E-state index < -0.39 is 0 Å². The highest BCUT2D eigenvalue weighted by Crippen LogP contribution is 2.25. The SMILES string of the molecule is CCN(CC)c1ccc(CCl)c(Br)c1. The molecule has 14 heavy (non-hydrogen) atoms. The molecule has 0 saturated carbocycles. The lowest BCUT2D eigenvalue weighted by Gasteiger charge is -2.21. The van der Waals surface area contributed by atoms with E-state index in [1.54, 1.807) is 0 Å². The molecule has 1 nitrogen and oxygen atoms in total. The van der Waals surface area contributed by atoms with Gasteiger partial charge in [-0.05, 0) is 31.5 Å². The smallest absolute Gasteiger partial charge is 0.0485 e. The molecule has 0 radical (unpaired) electrons. The van der Waals surface area contributed by atoms with E-state index in [4.69, 9.17) is 11.6 Å². The minimum absolute atomic E-state index is 0.555. The number of hydrogen-bond donors (Lipinski definition) is 0. The van der Waals surface area contributed by atoms with Gasteiger partial charge in [0, 0.05) is 29.1 Å². The summed E-state index contributed by atoms with van der Waals surface area (Å²) in [5.41, 5.74) is 2.39. The molecule has 0 saturated heterocycles. The molecule has 1 aromatic rings. The zero-order valence-corrected chi connectivity index (χ0v) is 10.9. The van der Waals surface area contributed by atoms with Gasteiger partial charge in [0.1, 0.15) is 0 Å². The average molecular weight is 277 g/mol. The van der Waals surface area contributed by atoms with Crippen LogP contribution in [-0.4, -0.2) is 13.1 Å². The third kappa shape index (κ3) is 2.64. The lowest BCUT2D eigenvalue weighted by Crippen LogP contribution is -2.21. The van der Waals surface area contributed by atoms with Crippen LogP contribution >= 0.6 is 27.5 Å². The fourth-order valence-electron chi connectivity index (χ4n) is 1.43. The zero-order valence-electron chi connectivity index (χ0n) is 8.56. The highest BCUT2D eigenvalue weighted by molar-refractivity contribution is 9.10. The summed E-state index contributed by atoms with van der Waals surface area (Å²) < 4.78 is 1.09. The maximum Gasteiger partial charge on any atom is 0.0485 e. The molecule has 0 aromatic heterocycles. The van der Waals surface area contributed by atoms with Crippen LogP contribution in [0.25, 0.3) is 0 Å². The summed E-state index contributed by atoms with van der Waals surface area (Å²) in [5, 5.41) is 0. The minimum atomic E-state index is 0.555. The molecule has 0 aliphatic carbocycles. The van der Waals surface area contributed by atoms with Crippen LogP contribution in [0.15, 0.2) is 22.7 Å². The van der Waals surface area contributed by atoms with Crippen molar-refractivity contribution in [3.05, 3.63) is 28.2 Å². The summed E-state index contributed by atoms with van der Waals surface area (Å²) in [6.45, 7) is 6.38. The van der Waals surface area contributed by atoms with Gasteiger partial charge in [0.15, 0.2) is 0 Å². The maximum absolute atomic E-state index is 5.79. The Labute approximate surface area is 99.2 Å². The predicted molar refractivity (Wildman–Crippen MR) is 67.3 cm³/mol. The topological polar surface area (TPSA) is 3.24 Å². The number of alkyl halides is 1. The molecule has 0 fully saturated rings. The first kappa shape index (κ1) is 11.9. The van der Waals surface area contributed by atoms with E-state index in [1.807, 2.05) is 0 Å². The van der Waals surface area contributed by atoms with Crippen molar-refractivity contribution in [2.45, 2.75) is 19.7 Å². The second-order valence-electron chi connectivity index (χ2n) is 3.08. The second-order valence-corrected chi connectivity index (χ2v) is 4.20. The van der Waals surface area contributed by atoms with Crippen LogP contribution in [0.2, 0.25) is 0 Å². The monoisotopic (exact) mass is 275 g/mol. The van der Waals surface area contributed by atoms with Gasteiger partial charge in [0.05, 0.1) is 0 Å². The molecule has 0 aliphatic heterocycles. The molecule has 0 spiro atoms. The first-order valence-corrected chi connectivity index (χ1v) is 6.15. The van der Waals surface area contributed by atoms with Crippen molar-refractivity contribution in [3.63, 3.8) is 0 Å². The number of benzene rings is 1. The fraction of sp³-hybridized carbons (Fsp3) is 0.455. The lowest BCUT2D eigenvalue weighted by atomic mass is 10.2. The number of hydrogen-bond acceptors (Lipinski definition) is 1. The van der Waals surface area contributed by atoms with Gasteiger partial charge in [0.25, 0.3) is 0 Å². The van der Waals surface area contributed by atoms with Crippen molar-refractivity contribution in [2.24, 2.45) is 0 Å². The summed E-state index contributed by atoms with van der Waals surface area (Å²) >= 11 is 9.31. The van der Waals surface area contributed by atoms with Crippen LogP contribution < -0.4 is 4.90 Å². The summed E-state index contributed by atoms with van der Waals surface area (Å²) in [5.74, 6) is 0.555. The molecule has 0 unspecified atom stereocenters. The van der Waals surface area contributed by atoms with Gasteiger partial charge in [-0.3, -0.25) is 0 Å². The molecular weight excluding hydrogens is 261 g/mol. The van der Waals surface area contributed by atoms with Crippen molar-refractivity contribution in [2.75, 3.05) is 18.0 Å². The Kier molecular flexibility index (Phi) is 4.76. The normalized spacial score (nSPS) is 10.3. The van der Waals surface area contributed by atoms with E-state index in [2.05, 4.69) is 52.9 Å². The van der Waals surface area contributed by atoms with E-state index in [-0.39, 0.29) is 0 Å². The molecule has 78 valence electrons. The molecule has 3 heteroatoms. The van der Waals surface area contributed by atoms with Gasteiger partial charge in [0.2, 0.25) is 0 Å². The average Bonchev–Trinajstić information content (AvgIpc) is 2.20. The number of rotatable bonds is 4. The van der Waals surface area contributed by atoms with Crippen molar-refractivity contribution in [1.29, 1.82) is 0 Å². The van der Waals surface area contributed by atoms with Crippen LogP contribution in [0.3, 0.4) is 0 Å². The van der Waals surface area contributed by atoms with Gasteiger partial charge in [-0.2, -0.15) is 0 Å². The standard InChI is InChI=1S/C11H15BrClN/c1-3-14(4-2)10-6-5-9(8-13)11(12)7-10/h5-7H,3-4,8H2,1-2H3. The van der Waals surface area contributed by atoms with Crippen LogP contribution in [0.5, 0.6) is 0 Å². The Morgan fingerprint density at radius 3 is 2.36 bits per heavy atom. The summed E-state index contributed by atoms with van der Waals surface area (Å²) in [4.78, 5) is 2.31. The summed E-state index contributed by atoms with van der Waals surface area (Å²) in [6, 6.07) is 6.32. The molecule has 0 bridgehead atoms. The van der Waals surface area contributed by atoms with Crippen molar-refractivity contribution in [3.8, 4) is 0 Å². The Balaban J connectivity index is 2.95. The van der Waals surface area contributed by atoms with Crippen LogP contribution in [0.1, 0.15) is 19.4 Å². The van der Waals surface area contributed by atoms with Gasteiger partial charge >= 0.3 is 0 Å². The predicted octanol–water partition coefficient (Wildman–Crippen LogP) is 4.03. The number of halogens is 2. The molecule has 1 rings (SSSR count). The largest absolute Gasteiger partial charge is 0.372 e. The Bertz CT molecular complexity index is 297. The summed E-state index contributed by atoms with van der Waals surface area (Å²) in [6.07, 6.45) is 0. The first-order chi connectivity index (χ1) is 6.72. The number of nitrogens with zero attached hydrogens (tertiary/aromatic N) is 1. The third-order valence-corrected chi connectivity index (χ3v) is 3.34. The highest BCUT2D eigenvalue weighted by Gasteiger charge is 2.04. The Hall–Kier alpha value is -0.210. The maximum atomic E-state index is 5.79. The zero-order chi connectivity index (χ0) is 10.6. The Morgan fingerprint density at radius 1 is 1.29 bits per heavy atom. The van der Waals surface area contributed by atoms with Gasteiger partial charge < -0.3 is 4.90 Å². The molecule has 0 N–H and O–H groups in total.